The van der Waals surface area contributed by atoms with Crippen molar-refractivity contribution in [1.29, 1.82) is 0 Å². The van der Waals surface area contributed by atoms with E-state index < -0.39 is 17.7 Å². The molecular formula is C12H20O5. The molecule has 0 aliphatic heterocycles. The third-order valence-corrected chi connectivity index (χ3v) is 1.48. The molecule has 0 heterocycles. The van der Waals surface area contributed by atoms with Crippen LogP contribution in [0, 0.1) is 0 Å². The van der Waals surface area contributed by atoms with Crippen LogP contribution in [-0.4, -0.2) is 30.9 Å². The van der Waals surface area contributed by atoms with Crippen molar-refractivity contribution in [3.8, 4) is 0 Å². The highest BCUT2D eigenvalue weighted by atomic mass is 16.7. The van der Waals surface area contributed by atoms with Gasteiger partial charge in [0.2, 0.25) is 0 Å². The van der Waals surface area contributed by atoms with Crippen LogP contribution in [0.5, 0.6) is 0 Å². The van der Waals surface area contributed by atoms with Crippen LogP contribution in [0.25, 0.3) is 0 Å². The van der Waals surface area contributed by atoms with Gasteiger partial charge in [-0.25, -0.2) is 9.59 Å². The molecule has 0 aromatic heterocycles. The number of esters is 1. The summed E-state index contributed by atoms with van der Waals surface area (Å²) in [5.74, 6) is -0.442. The van der Waals surface area contributed by atoms with Gasteiger partial charge in [0.05, 0.1) is 13.2 Å². The Bertz CT molecular complexity index is 288. The lowest BCUT2D eigenvalue weighted by Gasteiger charge is -2.18. The van der Waals surface area contributed by atoms with Crippen LogP contribution in [0.1, 0.15) is 34.1 Å². The minimum Gasteiger partial charge on any atom is -0.462 e. The predicted molar refractivity (Wildman–Crippen MR) is 62.6 cm³/mol. The number of rotatable bonds is 5. The predicted octanol–water partition coefficient (Wildman–Crippen LogP) is 2.45. The first kappa shape index (κ1) is 15.5. The zero-order valence-electron chi connectivity index (χ0n) is 10.9. The van der Waals surface area contributed by atoms with Crippen LogP contribution < -0.4 is 0 Å². The molecule has 0 bridgehead atoms. The molecule has 98 valence electrons. The first-order valence-corrected chi connectivity index (χ1v) is 5.41. The summed E-state index contributed by atoms with van der Waals surface area (Å²) in [6.07, 6.45) is -0.290. The van der Waals surface area contributed by atoms with Crippen LogP contribution in [0.4, 0.5) is 4.79 Å². The van der Waals surface area contributed by atoms with Crippen LogP contribution >= 0.6 is 0 Å². The number of hydrogen-bond donors (Lipinski definition) is 0. The molecule has 0 atom stereocenters. The summed E-state index contributed by atoms with van der Waals surface area (Å²) >= 11 is 0. The summed E-state index contributed by atoms with van der Waals surface area (Å²) in [5.41, 5.74) is -0.221. The van der Waals surface area contributed by atoms with Gasteiger partial charge in [0.25, 0.3) is 0 Å². The number of hydrogen-bond acceptors (Lipinski definition) is 5. The molecule has 0 rings (SSSR count). The Labute approximate surface area is 102 Å². The topological polar surface area (TPSA) is 61.8 Å². The average molecular weight is 244 g/mol. The van der Waals surface area contributed by atoms with E-state index in [1.165, 1.54) is 0 Å². The third kappa shape index (κ3) is 9.41. The zero-order chi connectivity index (χ0) is 13.5. The van der Waals surface area contributed by atoms with E-state index in [9.17, 15) is 9.59 Å². The second kappa shape index (κ2) is 6.93. The molecule has 0 unspecified atom stereocenters. The van der Waals surface area contributed by atoms with Gasteiger partial charge in [-0.3, -0.25) is 0 Å². The molecule has 0 aromatic rings. The Balaban J connectivity index is 3.56. The summed E-state index contributed by atoms with van der Waals surface area (Å²) < 4.78 is 14.5. The van der Waals surface area contributed by atoms with E-state index >= 15 is 0 Å². The molecule has 0 aliphatic carbocycles. The molecule has 5 nitrogen and oxygen atoms in total. The quantitative estimate of drug-likeness (QED) is 0.422. The first-order valence-electron chi connectivity index (χ1n) is 5.41. The summed E-state index contributed by atoms with van der Waals surface area (Å²) in [6.45, 7) is 10.6. The van der Waals surface area contributed by atoms with Crippen molar-refractivity contribution in [2.24, 2.45) is 0 Å². The second-order valence-corrected chi connectivity index (χ2v) is 4.58. The Morgan fingerprint density at radius 2 is 1.65 bits per heavy atom. The van der Waals surface area contributed by atoms with Gasteiger partial charge in [0.15, 0.2) is 0 Å². The van der Waals surface area contributed by atoms with Crippen molar-refractivity contribution in [3.05, 3.63) is 12.2 Å². The summed E-state index contributed by atoms with van der Waals surface area (Å²) in [6, 6.07) is 0. The fraction of sp³-hybridized carbons (Fsp3) is 0.667. The Morgan fingerprint density at radius 1 is 1.12 bits per heavy atom. The number of carbonyl (C=O) groups excluding carboxylic acids is 2. The molecule has 0 aliphatic rings. The Morgan fingerprint density at radius 3 is 2.12 bits per heavy atom. The third-order valence-electron chi connectivity index (χ3n) is 1.48. The van der Waals surface area contributed by atoms with Gasteiger partial charge in [-0.2, -0.15) is 0 Å². The van der Waals surface area contributed by atoms with Gasteiger partial charge in [-0.1, -0.05) is 6.58 Å². The average Bonchev–Trinajstić information content (AvgIpc) is 2.13. The first-order chi connectivity index (χ1) is 7.72. The molecule has 0 fully saturated rings. The van der Waals surface area contributed by atoms with Crippen molar-refractivity contribution in [3.63, 3.8) is 0 Å². The van der Waals surface area contributed by atoms with E-state index in [1.807, 2.05) is 0 Å². The van der Waals surface area contributed by atoms with Crippen molar-refractivity contribution in [2.45, 2.75) is 39.7 Å². The standard InChI is InChI=1S/C12H20O5/c1-9(2)10(13)15-7-6-8-16-11(14)17-12(3,4)5/h1,6-8H2,2-5H3. The fourth-order valence-corrected chi connectivity index (χ4v) is 0.782. The van der Waals surface area contributed by atoms with E-state index in [-0.39, 0.29) is 13.2 Å². The smallest absolute Gasteiger partial charge is 0.462 e. The van der Waals surface area contributed by atoms with E-state index in [0.29, 0.717) is 12.0 Å². The van der Waals surface area contributed by atoms with Gasteiger partial charge in [-0.15, -0.1) is 0 Å². The van der Waals surface area contributed by atoms with Crippen LogP contribution in [0.2, 0.25) is 0 Å². The van der Waals surface area contributed by atoms with Crippen LogP contribution in [0.15, 0.2) is 12.2 Å². The maximum Gasteiger partial charge on any atom is 0.508 e. The summed E-state index contributed by atoms with van der Waals surface area (Å²) in [7, 11) is 0. The molecule has 0 amide bonds. The Kier molecular flexibility index (Phi) is 6.31. The lowest BCUT2D eigenvalue weighted by Crippen LogP contribution is -2.24. The van der Waals surface area contributed by atoms with Gasteiger partial charge < -0.3 is 14.2 Å². The highest BCUT2D eigenvalue weighted by Gasteiger charge is 2.17. The van der Waals surface area contributed by atoms with Gasteiger partial charge >= 0.3 is 12.1 Å². The van der Waals surface area contributed by atoms with Gasteiger partial charge in [0, 0.05) is 12.0 Å². The molecular weight excluding hydrogens is 224 g/mol. The molecule has 0 spiro atoms. The normalized spacial score (nSPS) is 10.6. The zero-order valence-corrected chi connectivity index (χ0v) is 10.9. The van der Waals surface area contributed by atoms with E-state index in [0.717, 1.165) is 0 Å². The lowest BCUT2D eigenvalue weighted by molar-refractivity contribution is -0.139. The van der Waals surface area contributed by atoms with Crippen molar-refractivity contribution in [2.75, 3.05) is 13.2 Å². The summed E-state index contributed by atoms with van der Waals surface area (Å²) in [4.78, 5) is 22.1. The number of carbonyl (C=O) groups is 2. The van der Waals surface area contributed by atoms with Crippen molar-refractivity contribution in [1.82, 2.24) is 0 Å². The molecule has 0 radical (unpaired) electrons. The monoisotopic (exact) mass is 244 g/mol. The van der Waals surface area contributed by atoms with E-state index in [2.05, 4.69) is 6.58 Å². The fourth-order valence-electron chi connectivity index (χ4n) is 0.782. The second-order valence-electron chi connectivity index (χ2n) is 4.58. The maximum absolute atomic E-state index is 11.1. The Hall–Kier alpha value is -1.52. The molecule has 5 heteroatoms. The largest absolute Gasteiger partial charge is 0.508 e. The minimum absolute atomic E-state index is 0.151. The lowest BCUT2D eigenvalue weighted by atomic mass is 10.2. The van der Waals surface area contributed by atoms with Crippen molar-refractivity contribution < 1.29 is 23.8 Å². The van der Waals surface area contributed by atoms with E-state index in [4.69, 9.17) is 14.2 Å². The molecule has 17 heavy (non-hydrogen) atoms. The molecule has 0 saturated heterocycles. The summed E-state index contributed by atoms with van der Waals surface area (Å²) in [5, 5.41) is 0. The number of ether oxygens (including phenoxy) is 3. The van der Waals surface area contributed by atoms with Gasteiger partial charge in [0.1, 0.15) is 5.60 Å². The molecule has 0 N–H and O–H groups in total. The molecule has 0 aromatic carbocycles. The van der Waals surface area contributed by atoms with Crippen LogP contribution in [-0.2, 0) is 19.0 Å². The van der Waals surface area contributed by atoms with E-state index in [1.54, 1.807) is 27.7 Å². The SMILES string of the molecule is C=C(C)C(=O)OCCCOC(=O)OC(C)(C)C. The molecule has 0 saturated carbocycles. The minimum atomic E-state index is -0.719. The maximum atomic E-state index is 11.1. The van der Waals surface area contributed by atoms with Gasteiger partial charge in [-0.05, 0) is 27.7 Å². The highest BCUT2D eigenvalue weighted by molar-refractivity contribution is 5.86. The van der Waals surface area contributed by atoms with Crippen LogP contribution in [0.3, 0.4) is 0 Å². The van der Waals surface area contributed by atoms with Crippen molar-refractivity contribution >= 4 is 12.1 Å². The highest BCUT2D eigenvalue weighted by Crippen LogP contribution is 2.08.